The van der Waals surface area contributed by atoms with Gasteiger partial charge in [-0.25, -0.2) is 4.39 Å². The molecule has 1 aromatic carbocycles. The fourth-order valence-electron chi connectivity index (χ4n) is 0.985. The highest BCUT2D eigenvalue weighted by molar-refractivity contribution is 5.32. The Morgan fingerprint density at radius 1 is 1.54 bits per heavy atom. The van der Waals surface area contributed by atoms with Gasteiger partial charge in [-0.3, -0.25) is 0 Å². The van der Waals surface area contributed by atoms with Crippen LogP contribution in [0.5, 0.6) is 5.75 Å². The topological polar surface area (TPSA) is 29.5 Å². The number of rotatable bonds is 3. The average Bonchev–Trinajstić information content (AvgIpc) is 2.02. The van der Waals surface area contributed by atoms with Crippen LogP contribution >= 0.6 is 0 Å². The van der Waals surface area contributed by atoms with E-state index in [4.69, 9.17) is 9.84 Å². The largest absolute Gasteiger partial charge is 0.491 e. The molecule has 0 saturated carbocycles. The molecular formula is C10H13FO2. The summed E-state index contributed by atoms with van der Waals surface area (Å²) in [7, 11) is 0. The number of aryl methyl sites for hydroxylation is 1. The molecule has 3 heteroatoms. The minimum absolute atomic E-state index is 0.229. The van der Waals surface area contributed by atoms with Gasteiger partial charge in [0, 0.05) is 0 Å². The van der Waals surface area contributed by atoms with Crippen molar-refractivity contribution in [2.24, 2.45) is 0 Å². The van der Waals surface area contributed by atoms with E-state index in [2.05, 4.69) is 0 Å². The Balaban J connectivity index is 2.67. The second-order valence-electron chi connectivity index (χ2n) is 3.07. The van der Waals surface area contributed by atoms with Crippen LogP contribution in [0.4, 0.5) is 4.39 Å². The molecule has 0 unspecified atom stereocenters. The Morgan fingerprint density at radius 2 is 2.23 bits per heavy atom. The summed E-state index contributed by atoms with van der Waals surface area (Å²) in [4.78, 5) is 0. The summed E-state index contributed by atoms with van der Waals surface area (Å²) < 4.78 is 17.9. The molecule has 0 aromatic heterocycles. The lowest BCUT2D eigenvalue weighted by Crippen LogP contribution is -2.13. The lowest BCUT2D eigenvalue weighted by molar-refractivity contribution is 0.122. The highest BCUT2D eigenvalue weighted by Gasteiger charge is 2.02. The summed E-state index contributed by atoms with van der Waals surface area (Å²) in [6.45, 7) is 3.63. The van der Waals surface area contributed by atoms with Crippen molar-refractivity contribution in [2.75, 3.05) is 6.61 Å². The number of ether oxygens (including phenoxy) is 1. The van der Waals surface area contributed by atoms with E-state index in [0.717, 1.165) is 5.56 Å². The zero-order valence-electron chi connectivity index (χ0n) is 7.75. The van der Waals surface area contributed by atoms with Crippen molar-refractivity contribution < 1.29 is 14.2 Å². The third-order valence-electron chi connectivity index (χ3n) is 1.62. The molecular weight excluding hydrogens is 171 g/mol. The number of halogens is 1. The third kappa shape index (κ3) is 3.03. The molecule has 0 saturated heterocycles. The van der Waals surface area contributed by atoms with Crippen molar-refractivity contribution in [3.63, 3.8) is 0 Å². The molecule has 0 spiro atoms. The van der Waals surface area contributed by atoms with E-state index in [1.807, 2.05) is 0 Å². The van der Waals surface area contributed by atoms with Crippen LogP contribution in [-0.2, 0) is 0 Å². The summed E-state index contributed by atoms with van der Waals surface area (Å²) in [5, 5.41) is 8.96. The fourth-order valence-corrected chi connectivity index (χ4v) is 0.985. The lowest BCUT2D eigenvalue weighted by Gasteiger charge is -2.10. The van der Waals surface area contributed by atoms with E-state index >= 15 is 0 Å². The predicted octanol–water partition coefficient (Wildman–Crippen LogP) is 1.89. The van der Waals surface area contributed by atoms with Gasteiger partial charge in [-0.05, 0) is 37.6 Å². The zero-order valence-corrected chi connectivity index (χ0v) is 7.75. The number of hydrogen-bond donors (Lipinski definition) is 1. The van der Waals surface area contributed by atoms with E-state index in [1.165, 1.54) is 12.1 Å². The molecule has 1 N–H and O–H groups in total. The van der Waals surface area contributed by atoms with Crippen LogP contribution in [0.25, 0.3) is 0 Å². The summed E-state index contributed by atoms with van der Waals surface area (Å²) in [6, 6.07) is 4.30. The Kier molecular flexibility index (Phi) is 3.25. The molecule has 0 aliphatic heterocycles. The van der Waals surface area contributed by atoms with Gasteiger partial charge in [0.05, 0.1) is 6.10 Å². The maximum absolute atomic E-state index is 12.6. The molecule has 0 radical (unpaired) electrons. The molecule has 13 heavy (non-hydrogen) atoms. The zero-order chi connectivity index (χ0) is 9.84. The Morgan fingerprint density at radius 3 is 2.77 bits per heavy atom. The number of aliphatic hydroxyl groups is 1. The molecule has 0 bridgehead atoms. The Hall–Kier alpha value is -1.09. The van der Waals surface area contributed by atoms with Gasteiger partial charge in [0.15, 0.2) is 0 Å². The fraction of sp³-hybridized carbons (Fsp3) is 0.400. The smallest absolute Gasteiger partial charge is 0.123 e. The molecule has 0 amide bonds. The van der Waals surface area contributed by atoms with Crippen molar-refractivity contribution in [1.29, 1.82) is 0 Å². The van der Waals surface area contributed by atoms with Gasteiger partial charge in [0.2, 0.25) is 0 Å². The molecule has 0 aliphatic rings. The van der Waals surface area contributed by atoms with E-state index in [9.17, 15) is 4.39 Å². The van der Waals surface area contributed by atoms with Crippen molar-refractivity contribution in [1.82, 2.24) is 0 Å². The highest BCUT2D eigenvalue weighted by Crippen LogP contribution is 2.18. The SMILES string of the molecule is Cc1cc(F)ccc1OC[C@@H](C)O. The predicted molar refractivity (Wildman–Crippen MR) is 48.3 cm³/mol. The average molecular weight is 184 g/mol. The second-order valence-corrected chi connectivity index (χ2v) is 3.07. The molecule has 1 aromatic rings. The molecule has 1 rings (SSSR count). The molecule has 2 nitrogen and oxygen atoms in total. The summed E-state index contributed by atoms with van der Waals surface area (Å²) in [5.74, 6) is 0.337. The van der Waals surface area contributed by atoms with Gasteiger partial charge in [0.1, 0.15) is 18.2 Å². The van der Waals surface area contributed by atoms with Crippen molar-refractivity contribution in [3.05, 3.63) is 29.6 Å². The first-order valence-corrected chi connectivity index (χ1v) is 4.16. The van der Waals surface area contributed by atoms with Crippen LogP contribution in [0.15, 0.2) is 18.2 Å². The Bertz CT molecular complexity index is 284. The first kappa shape index (κ1) is 9.99. The van der Waals surface area contributed by atoms with Crippen molar-refractivity contribution >= 4 is 0 Å². The quantitative estimate of drug-likeness (QED) is 0.777. The van der Waals surface area contributed by atoms with E-state index in [1.54, 1.807) is 19.9 Å². The lowest BCUT2D eigenvalue weighted by atomic mass is 10.2. The minimum Gasteiger partial charge on any atom is -0.491 e. The van der Waals surface area contributed by atoms with Crippen LogP contribution in [0.3, 0.4) is 0 Å². The Labute approximate surface area is 77.0 Å². The highest BCUT2D eigenvalue weighted by atomic mass is 19.1. The van der Waals surface area contributed by atoms with Crippen LogP contribution in [0.2, 0.25) is 0 Å². The number of benzene rings is 1. The normalized spacial score (nSPS) is 12.6. The first-order chi connectivity index (χ1) is 6.09. The number of hydrogen-bond acceptors (Lipinski definition) is 2. The van der Waals surface area contributed by atoms with E-state index < -0.39 is 6.10 Å². The second kappa shape index (κ2) is 4.23. The van der Waals surface area contributed by atoms with Crippen molar-refractivity contribution in [2.45, 2.75) is 20.0 Å². The van der Waals surface area contributed by atoms with Gasteiger partial charge in [-0.1, -0.05) is 0 Å². The van der Waals surface area contributed by atoms with Gasteiger partial charge < -0.3 is 9.84 Å². The van der Waals surface area contributed by atoms with E-state index in [0.29, 0.717) is 5.75 Å². The third-order valence-corrected chi connectivity index (χ3v) is 1.62. The molecule has 72 valence electrons. The standard InChI is InChI=1S/C10H13FO2/c1-7-5-9(11)3-4-10(7)13-6-8(2)12/h3-5,8,12H,6H2,1-2H3/t8-/m1/s1. The molecule has 0 fully saturated rings. The van der Waals surface area contributed by atoms with Crippen LogP contribution in [-0.4, -0.2) is 17.8 Å². The summed E-state index contributed by atoms with van der Waals surface area (Å²) in [6.07, 6.45) is -0.510. The van der Waals surface area contributed by atoms with Gasteiger partial charge in [-0.15, -0.1) is 0 Å². The van der Waals surface area contributed by atoms with Gasteiger partial charge in [0.25, 0.3) is 0 Å². The van der Waals surface area contributed by atoms with Crippen LogP contribution in [0, 0.1) is 12.7 Å². The van der Waals surface area contributed by atoms with Crippen LogP contribution < -0.4 is 4.74 Å². The van der Waals surface area contributed by atoms with Crippen molar-refractivity contribution in [3.8, 4) is 5.75 Å². The van der Waals surface area contributed by atoms with E-state index in [-0.39, 0.29) is 12.4 Å². The summed E-state index contributed by atoms with van der Waals surface area (Å²) in [5.41, 5.74) is 0.737. The maximum Gasteiger partial charge on any atom is 0.123 e. The first-order valence-electron chi connectivity index (χ1n) is 4.16. The number of aliphatic hydroxyl groups excluding tert-OH is 1. The van der Waals surface area contributed by atoms with Gasteiger partial charge >= 0.3 is 0 Å². The molecule has 1 atom stereocenters. The maximum atomic E-state index is 12.6. The minimum atomic E-state index is -0.510. The van der Waals surface area contributed by atoms with Gasteiger partial charge in [-0.2, -0.15) is 0 Å². The monoisotopic (exact) mass is 184 g/mol. The van der Waals surface area contributed by atoms with Crippen LogP contribution in [0.1, 0.15) is 12.5 Å². The molecule has 0 aliphatic carbocycles. The summed E-state index contributed by atoms with van der Waals surface area (Å²) >= 11 is 0. The molecule has 0 heterocycles.